The Hall–Kier alpha value is -2.72. The van der Waals surface area contributed by atoms with Crippen molar-refractivity contribution in [2.24, 2.45) is 0 Å². The van der Waals surface area contributed by atoms with Crippen molar-refractivity contribution in [1.82, 2.24) is 15.3 Å². The Morgan fingerprint density at radius 3 is 2.41 bits per heavy atom. The molecule has 2 atom stereocenters. The first-order chi connectivity index (χ1) is 15.3. The molecule has 32 heavy (non-hydrogen) atoms. The van der Waals surface area contributed by atoms with E-state index in [-0.39, 0.29) is 35.8 Å². The molecule has 2 aliphatic heterocycles. The number of carbonyl (C=O) groups is 1. The van der Waals surface area contributed by atoms with Crippen molar-refractivity contribution in [2.45, 2.75) is 56.4 Å². The van der Waals surface area contributed by atoms with Crippen LogP contribution in [0.15, 0.2) is 24.3 Å². The number of hydrogen-bond acceptors (Lipinski definition) is 7. The smallest absolute Gasteiger partial charge is 0.319 e. The number of nitrogens with zero attached hydrogens (tertiary/aromatic N) is 3. The average molecular weight is 458 g/mol. The number of carbonyl (C=O) groups excluding carboxylic acids is 1. The van der Waals surface area contributed by atoms with Crippen LogP contribution in [0.3, 0.4) is 0 Å². The Labute approximate surface area is 187 Å². The summed E-state index contributed by atoms with van der Waals surface area (Å²) in [5.41, 5.74) is 2.71. The van der Waals surface area contributed by atoms with Crippen molar-refractivity contribution in [1.29, 1.82) is 0 Å². The summed E-state index contributed by atoms with van der Waals surface area (Å²) in [6, 6.07) is 7.35. The topological polar surface area (TPSA) is 114 Å². The van der Waals surface area contributed by atoms with Gasteiger partial charge in [-0.25, -0.2) is 23.2 Å². The van der Waals surface area contributed by atoms with E-state index in [1.165, 1.54) is 0 Å². The molecule has 1 aromatic heterocycles. The third-order valence-corrected chi connectivity index (χ3v) is 7.27. The zero-order valence-electron chi connectivity index (χ0n) is 18.2. The summed E-state index contributed by atoms with van der Waals surface area (Å²) in [4.78, 5) is 23.5. The van der Waals surface area contributed by atoms with E-state index in [9.17, 15) is 13.2 Å². The number of benzene rings is 1. The predicted octanol–water partition coefficient (Wildman–Crippen LogP) is 2.47. The van der Waals surface area contributed by atoms with Gasteiger partial charge in [0.15, 0.2) is 15.7 Å². The number of morpholine rings is 1. The number of ether oxygens (including phenoxy) is 1. The molecule has 1 saturated heterocycles. The Kier molecular flexibility index (Phi) is 5.29. The van der Waals surface area contributed by atoms with E-state index in [1.54, 1.807) is 12.1 Å². The summed E-state index contributed by atoms with van der Waals surface area (Å²) in [6.07, 6.45) is 2.11. The molecule has 2 aromatic rings. The summed E-state index contributed by atoms with van der Waals surface area (Å²) in [5.74, 6) is 1.06. The zero-order valence-corrected chi connectivity index (χ0v) is 19.0. The van der Waals surface area contributed by atoms with Crippen LogP contribution in [0.4, 0.5) is 16.3 Å². The molecule has 2 N–H and O–H groups in total. The second-order valence-corrected chi connectivity index (χ2v) is 11.0. The minimum atomic E-state index is -3.23. The van der Waals surface area contributed by atoms with Crippen LogP contribution in [0.2, 0.25) is 0 Å². The lowest BCUT2D eigenvalue weighted by Gasteiger charge is -2.37. The van der Waals surface area contributed by atoms with Crippen molar-refractivity contribution < 1.29 is 17.9 Å². The van der Waals surface area contributed by atoms with Gasteiger partial charge in [-0.3, -0.25) is 0 Å². The molecular weight excluding hydrogens is 430 g/mol. The third-order valence-electron chi connectivity index (χ3n) is 5.82. The molecule has 9 nitrogen and oxygen atoms in total. The average Bonchev–Trinajstić information content (AvgIpc) is 3.46. The fourth-order valence-electron chi connectivity index (χ4n) is 4.29. The summed E-state index contributed by atoms with van der Waals surface area (Å²) in [6.45, 7) is 5.30. The van der Waals surface area contributed by atoms with Gasteiger partial charge in [0.05, 0.1) is 29.4 Å². The number of anilines is 2. The molecule has 5 rings (SSSR count). The van der Waals surface area contributed by atoms with E-state index in [0.717, 1.165) is 18.4 Å². The van der Waals surface area contributed by atoms with Gasteiger partial charge in [0.1, 0.15) is 5.82 Å². The Bertz CT molecular complexity index is 1140. The standard InChI is InChI=1S/C22H27N5O4S/c1-13-9-27(10-14(2)31-13)21-18-11-32(29,30)12-19(18)25-20(26-21)15-3-5-16(6-4-15)23-22(28)24-17-7-8-17/h3-6,13-14,17H,7-12H2,1-2H3,(H2,23,24,28)/t13-,14+. The van der Waals surface area contributed by atoms with Crippen LogP contribution in [0.5, 0.6) is 0 Å². The fourth-order valence-corrected chi connectivity index (χ4v) is 5.78. The molecule has 3 aliphatic rings. The van der Waals surface area contributed by atoms with Gasteiger partial charge >= 0.3 is 6.03 Å². The maximum Gasteiger partial charge on any atom is 0.319 e. The van der Waals surface area contributed by atoms with E-state index in [1.807, 2.05) is 26.0 Å². The van der Waals surface area contributed by atoms with E-state index < -0.39 is 9.84 Å². The van der Waals surface area contributed by atoms with Gasteiger partial charge in [-0.1, -0.05) is 0 Å². The molecule has 1 saturated carbocycles. The number of rotatable bonds is 4. The molecule has 1 aromatic carbocycles. The number of sulfone groups is 1. The molecule has 0 spiro atoms. The van der Waals surface area contributed by atoms with Crippen molar-refractivity contribution in [3.63, 3.8) is 0 Å². The van der Waals surface area contributed by atoms with Crippen molar-refractivity contribution in [3.05, 3.63) is 35.5 Å². The minimum Gasteiger partial charge on any atom is -0.372 e. The highest BCUT2D eigenvalue weighted by atomic mass is 32.2. The van der Waals surface area contributed by atoms with Crippen molar-refractivity contribution in [3.8, 4) is 11.4 Å². The first-order valence-corrected chi connectivity index (χ1v) is 12.8. The van der Waals surface area contributed by atoms with E-state index in [2.05, 4.69) is 20.5 Å². The summed E-state index contributed by atoms with van der Waals surface area (Å²) in [5, 5.41) is 5.71. The summed E-state index contributed by atoms with van der Waals surface area (Å²) >= 11 is 0. The summed E-state index contributed by atoms with van der Waals surface area (Å²) < 4.78 is 30.6. The number of urea groups is 1. The maximum absolute atomic E-state index is 12.4. The van der Waals surface area contributed by atoms with Gasteiger partial charge in [0.2, 0.25) is 0 Å². The molecule has 0 unspecified atom stereocenters. The van der Waals surface area contributed by atoms with Crippen LogP contribution in [-0.2, 0) is 26.1 Å². The van der Waals surface area contributed by atoms with Gasteiger partial charge in [0, 0.05) is 35.9 Å². The number of aromatic nitrogens is 2. The lowest BCUT2D eigenvalue weighted by atomic mass is 10.1. The maximum atomic E-state index is 12.4. The monoisotopic (exact) mass is 457 g/mol. The van der Waals surface area contributed by atoms with Crippen LogP contribution in [-0.4, -0.2) is 55.8 Å². The van der Waals surface area contributed by atoms with Gasteiger partial charge in [0.25, 0.3) is 0 Å². The summed E-state index contributed by atoms with van der Waals surface area (Å²) in [7, 11) is -3.23. The molecule has 0 radical (unpaired) electrons. The molecule has 1 aliphatic carbocycles. The number of amides is 2. The van der Waals surface area contributed by atoms with Crippen LogP contribution in [0.25, 0.3) is 11.4 Å². The number of nitrogens with one attached hydrogen (secondary N) is 2. The second-order valence-electron chi connectivity index (χ2n) is 8.94. The Morgan fingerprint density at radius 2 is 1.75 bits per heavy atom. The van der Waals surface area contributed by atoms with Crippen LogP contribution in [0.1, 0.15) is 37.9 Å². The molecule has 2 amide bonds. The van der Waals surface area contributed by atoms with Gasteiger partial charge in [-0.15, -0.1) is 0 Å². The lowest BCUT2D eigenvalue weighted by molar-refractivity contribution is -0.00550. The number of hydrogen-bond donors (Lipinski definition) is 2. The quantitative estimate of drug-likeness (QED) is 0.725. The molecule has 3 heterocycles. The van der Waals surface area contributed by atoms with Crippen molar-refractivity contribution >= 4 is 27.4 Å². The number of fused-ring (bicyclic) bond motifs is 1. The molecular formula is C22H27N5O4S. The third kappa shape index (κ3) is 4.56. The molecule has 10 heteroatoms. The molecule has 2 fully saturated rings. The largest absolute Gasteiger partial charge is 0.372 e. The SMILES string of the molecule is C[C@@H]1CN(c2nc(-c3ccc(NC(=O)NC4CC4)cc3)nc3c2CS(=O)(=O)C3)C[C@H](C)O1. The van der Waals surface area contributed by atoms with Gasteiger partial charge < -0.3 is 20.3 Å². The fraction of sp³-hybridized carbons (Fsp3) is 0.500. The Morgan fingerprint density at radius 1 is 1.06 bits per heavy atom. The molecule has 170 valence electrons. The van der Waals surface area contributed by atoms with Gasteiger partial charge in [-0.05, 0) is 51.0 Å². The highest BCUT2D eigenvalue weighted by Crippen LogP contribution is 2.34. The first kappa shape index (κ1) is 21.1. The van der Waals surface area contributed by atoms with E-state index in [4.69, 9.17) is 9.72 Å². The van der Waals surface area contributed by atoms with Gasteiger partial charge in [-0.2, -0.15) is 0 Å². The molecule has 0 bridgehead atoms. The highest BCUT2D eigenvalue weighted by molar-refractivity contribution is 7.90. The lowest BCUT2D eigenvalue weighted by Crippen LogP contribution is -2.46. The van der Waals surface area contributed by atoms with E-state index >= 15 is 0 Å². The Balaban J connectivity index is 1.44. The van der Waals surface area contributed by atoms with Crippen LogP contribution < -0.4 is 15.5 Å². The minimum absolute atomic E-state index is 0.0259. The van der Waals surface area contributed by atoms with Crippen LogP contribution in [0, 0.1) is 0 Å². The normalized spacial score (nSPS) is 24.1. The second kappa shape index (κ2) is 8.00. The zero-order chi connectivity index (χ0) is 22.5. The predicted molar refractivity (Wildman–Crippen MR) is 121 cm³/mol. The van der Waals surface area contributed by atoms with E-state index in [0.29, 0.717) is 41.7 Å². The van der Waals surface area contributed by atoms with Crippen molar-refractivity contribution in [2.75, 3.05) is 23.3 Å². The highest BCUT2D eigenvalue weighted by Gasteiger charge is 2.34. The first-order valence-electron chi connectivity index (χ1n) is 10.9. The van der Waals surface area contributed by atoms with Crippen LogP contribution >= 0.6 is 0 Å².